The molecule has 0 saturated heterocycles. The zero-order chi connectivity index (χ0) is 14.7. The van der Waals surface area contributed by atoms with Gasteiger partial charge in [-0.05, 0) is 6.20 Å². The minimum absolute atomic E-state index is 0.410. The van der Waals surface area contributed by atoms with E-state index in [2.05, 4.69) is 0 Å². The maximum atomic E-state index is 13.0. The van der Waals surface area contributed by atoms with Crippen molar-refractivity contribution in [2.24, 2.45) is 0 Å². The summed E-state index contributed by atoms with van der Waals surface area (Å²) in [6.07, 6.45) is 6.27. The van der Waals surface area contributed by atoms with Gasteiger partial charge in [0.15, 0.2) is 6.73 Å². The highest BCUT2D eigenvalue weighted by molar-refractivity contribution is 5.88. The number of aromatic nitrogens is 2. The number of rotatable bonds is 3. The predicted molar refractivity (Wildman–Crippen MR) is 67.0 cm³/mol. The summed E-state index contributed by atoms with van der Waals surface area (Å²) in [6.45, 7) is -0.476. The summed E-state index contributed by atoms with van der Waals surface area (Å²) < 4.78 is 18.7. The molecule has 0 fully saturated rings. The third kappa shape index (κ3) is 3.02. The van der Waals surface area contributed by atoms with Crippen molar-refractivity contribution in [2.45, 2.75) is 13.2 Å². The quantitative estimate of drug-likeness (QED) is 0.783. The van der Waals surface area contributed by atoms with E-state index in [0.717, 1.165) is 4.57 Å². The highest BCUT2D eigenvalue weighted by atomic mass is 19.1. The van der Waals surface area contributed by atoms with Gasteiger partial charge < -0.3 is 9.64 Å². The standard InChI is InChI=1S/C12H12FN3O4/c1-15-4-2-3-8(5-15)11(18)20-7-16-6-9(13)10(17)14-12(16)19/h2,4-6H,3,7H2,1H3,(H,14,17,19). The van der Waals surface area contributed by atoms with E-state index in [1.165, 1.54) is 0 Å². The van der Waals surface area contributed by atoms with Crippen molar-refractivity contribution in [3.63, 3.8) is 0 Å². The van der Waals surface area contributed by atoms with Crippen LogP contribution in [0, 0.1) is 5.82 Å². The van der Waals surface area contributed by atoms with Gasteiger partial charge in [-0.3, -0.25) is 14.3 Å². The monoisotopic (exact) mass is 281 g/mol. The summed E-state index contributed by atoms with van der Waals surface area (Å²) >= 11 is 0. The molecule has 0 saturated carbocycles. The minimum atomic E-state index is -1.12. The summed E-state index contributed by atoms with van der Waals surface area (Å²) in [5.74, 6) is -1.74. The Hall–Kier alpha value is -2.64. The molecule has 0 aromatic carbocycles. The molecule has 1 N–H and O–H groups in total. The Balaban J connectivity index is 2.06. The number of nitrogens with one attached hydrogen (secondary N) is 1. The lowest BCUT2D eigenvalue weighted by Crippen LogP contribution is -2.32. The van der Waals surface area contributed by atoms with Gasteiger partial charge in [-0.15, -0.1) is 0 Å². The Morgan fingerprint density at radius 2 is 2.25 bits per heavy atom. The smallest absolute Gasteiger partial charge is 0.337 e. The van der Waals surface area contributed by atoms with Crippen LogP contribution in [-0.4, -0.2) is 27.5 Å². The van der Waals surface area contributed by atoms with Gasteiger partial charge in [0, 0.05) is 19.7 Å². The third-order valence-corrected chi connectivity index (χ3v) is 2.60. The molecule has 1 aromatic heterocycles. The zero-order valence-electron chi connectivity index (χ0n) is 10.6. The molecule has 0 spiro atoms. The predicted octanol–water partition coefficient (Wildman–Crippen LogP) is -0.0905. The van der Waals surface area contributed by atoms with Crippen molar-refractivity contribution in [1.82, 2.24) is 14.5 Å². The highest BCUT2D eigenvalue weighted by Gasteiger charge is 2.14. The number of carbonyl (C=O) groups excluding carboxylic acids is 1. The molecule has 2 rings (SSSR count). The number of allylic oxidation sites excluding steroid dienone is 1. The van der Waals surface area contributed by atoms with E-state index in [1.807, 2.05) is 0 Å². The average molecular weight is 281 g/mol. The molecule has 0 bridgehead atoms. The molecular weight excluding hydrogens is 269 g/mol. The van der Waals surface area contributed by atoms with Gasteiger partial charge in [-0.25, -0.2) is 9.59 Å². The molecule has 8 heteroatoms. The van der Waals surface area contributed by atoms with Crippen LogP contribution in [0.1, 0.15) is 6.42 Å². The first-order valence-electron chi connectivity index (χ1n) is 5.73. The number of ether oxygens (including phenoxy) is 1. The molecule has 0 amide bonds. The van der Waals surface area contributed by atoms with Crippen molar-refractivity contribution in [1.29, 1.82) is 0 Å². The van der Waals surface area contributed by atoms with Crippen LogP contribution in [0.4, 0.5) is 4.39 Å². The minimum Gasteiger partial charge on any atom is -0.440 e. The molecule has 20 heavy (non-hydrogen) atoms. The van der Waals surface area contributed by atoms with Crippen LogP contribution in [0.3, 0.4) is 0 Å². The van der Waals surface area contributed by atoms with Crippen molar-refractivity contribution in [3.05, 3.63) is 56.9 Å². The van der Waals surface area contributed by atoms with Crippen LogP contribution < -0.4 is 11.2 Å². The molecule has 7 nitrogen and oxygen atoms in total. The molecule has 2 heterocycles. The van der Waals surface area contributed by atoms with Gasteiger partial charge in [0.25, 0.3) is 5.56 Å². The second kappa shape index (κ2) is 5.55. The summed E-state index contributed by atoms with van der Waals surface area (Å²) in [4.78, 5) is 37.4. The average Bonchev–Trinajstić information content (AvgIpc) is 2.41. The second-order valence-corrected chi connectivity index (χ2v) is 4.18. The van der Waals surface area contributed by atoms with Crippen molar-refractivity contribution in [3.8, 4) is 0 Å². The van der Waals surface area contributed by atoms with E-state index in [9.17, 15) is 18.8 Å². The summed E-state index contributed by atoms with van der Waals surface area (Å²) in [6, 6.07) is 0. The van der Waals surface area contributed by atoms with Crippen molar-refractivity contribution < 1.29 is 13.9 Å². The molecule has 106 valence electrons. The number of carbonyl (C=O) groups is 1. The van der Waals surface area contributed by atoms with Crippen LogP contribution in [0.25, 0.3) is 0 Å². The Morgan fingerprint density at radius 3 is 2.95 bits per heavy atom. The van der Waals surface area contributed by atoms with Gasteiger partial charge in [0.05, 0.1) is 11.8 Å². The van der Waals surface area contributed by atoms with Gasteiger partial charge in [0.1, 0.15) is 0 Å². The fourth-order valence-electron chi connectivity index (χ4n) is 1.62. The van der Waals surface area contributed by atoms with Crippen molar-refractivity contribution in [2.75, 3.05) is 7.05 Å². The molecular formula is C12H12FN3O4. The largest absolute Gasteiger partial charge is 0.440 e. The second-order valence-electron chi connectivity index (χ2n) is 4.18. The first-order valence-corrected chi connectivity index (χ1v) is 5.73. The van der Waals surface area contributed by atoms with Crippen LogP contribution in [0.15, 0.2) is 39.8 Å². The Labute approximate surface area is 112 Å². The van der Waals surface area contributed by atoms with Crippen LogP contribution >= 0.6 is 0 Å². The number of hydrogen-bond donors (Lipinski definition) is 1. The number of esters is 1. The number of hydrogen-bond acceptors (Lipinski definition) is 5. The zero-order valence-corrected chi connectivity index (χ0v) is 10.6. The van der Waals surface area contributed by atoms with E-state index in [0.29, 0.717) is 18.2 Å². The Bertz CT molecular complexity index is 701. The lowest BCUT2D eigenvalue weighted by molar-refractivity contribution is -0.143. The number of nitrogens with zero attached hydrogens (tertiary/aromatic N) is 2. The molecule has 0 aliphatic carbocycles. The highest BCUT2D eigenvalue weighted by Crippen LogP contribution is 2.12. The Kier molecular flexibility index (Phi) is 3.83. The van der Waals surface area contributed by atoms with Crippen molar-refractivity contribution >= 4 is 5.97 Å². The van der Waals surface area contributed by atoms with E-state index >= 15 is 0 Å². The van der Waals surface area contributed by atoms with Gasteiger partial charge in [-0.2, -0.15) is 4.39 Å². The number of halogens is 1. The van der Waals surface area contributed by atoms with Gasteiger partial charge >= 0.3 is 11.7 Å². The Morgan fingerprint density at radius 1 is 1.50 bits per heavy atom. The molecule has 1 aromatic rings. The first kappa shape index (κ1) is 13.8. The molecule has 1 aliphatic heterocycles. The number of H-pyrrole nitrogens is 1. The first-order chi connectivity index (χ1) is 9.47. The van der Waals surface area contributed by atoms with Gasteiger partial charge in [0.2, 0.25) is 5.82 Å². The summed E-state index contributed by atoms with van der Waals surface area (Å²) in [5.41, 5.74) is -1.55. The van der Waals surface area contributed by atoms with Crippen LogP contribution in [0.5, 0.6) is 0 Å². The van der Waals surface area contributed by atoms with E-state index in [4.69, 9.17) is 4.74 Å². The molecule has 0 radical (unpaired) electrons. The van der Waals surface area contributed by atoms with Gasteiger partial charge in [-0.1, -0.05) is 6.08 Å². The molecule has 1 aliphatic rings. The summed E-state index contributed by atoms with van der Waals surface area (Å²) in [5, 5.41) is 0. The lowest BCUT2D eigenvalue weighted by atomic mass is 10.1. The fraction of sp³-hybridized carbons (Fsp3) is 0.250. The maximum absolute atomic E-state index is 13.0. The van der Waals surface area contributed by atoms with E-state index in [1.54, 1.807) is 35.4 Å². The maximum Gasteiger partial charge on any atom is 0.337 e. The van der Waals surface area contributed by atoms with Crippen LogP contribution in [-0.2, 0) is 16.3 Å². The lowest BCUT2D eigenvalue weighted by Gasteiger charge is -2.16. The third-order valence-electron chi connectivity index (χ3n) is 2.60. The molecule has 0 unspecified atom stereocenters. The van der Waals surface area contributed by atoms with E-state index < -0.39 is 29.8 Å². The normalized spacial score (nSPS) is 14.1. The van der Waals surface area contributed by atoms with E-state index in [-0.39, 0.29) is 0 Å². The SMILES string of the molecule is CN1C=CCC(C(=O)OCn2cc(F)c(=O)[nH]c2=O)=C1. The van der Waals surface area contributed by atoms with Crippen LogP contribution in [0.2, 0.25) is 0 Å². The number of aromatic amines is 1. The fourth-order valence-corrected chi connectivity index (χ4v) is 1.62. The summed E-state index contributed by atoms with van der Waals surface area (Å²) in [7, 11) is 1.75. The molecule has 0 atom stereocenters. The topological polar surface area (TPSA) is 84.4 Å².